The summed E-state index contributed by atoms with van der Waals surface area (Å²) in [5, 5.41) is 0. The molecule has 1 amide bonds. The van der Waals surface area contributed by atoms with E-state index in [1.165, 1.54) is 12.4 Å². The predicted molar refractivity (Wildman–Crippen MR) is 65.4 cm³/mol. The first-order valence-electron chi connectivity index (χ1n) is 5.04. The Hall–Kier alpha value is -1.10. The lowest BCUT2D eigenvalue weighted by Crippen LogP contribution is -2.33. The van der Waals surface area contributed by atoms with Crippen molar-refractivity contribution in [3.8, 4) is 0 Å². The van der Waals surface area contributed by atoms with Crippen LogP contribution >= 0.6 is 11.8 Å². The highest BCUT2D eigenvalue weighted by molar-refractivity contribution is 7.98. The molecule has 2 radical (unpaired) electrons. The highest BCUT2D eigenvalue weighted by Crippen LogP contribution is 2.03. The van der Waals surface area contributed by atoms with Crippen molar-refractivity contribution in [3.05, 3.63) is 30.7 Å². The van der Waals surface area contributed by atoms with Gasteiger partial charge < -0.3 is 4.90 Å². The van der Waals surface area contributed by atoms with Crippen LogP contribution < -0.4 is 0 Å². The minimum atomic E-state index is -0.114. The van der Waals surface area contributed by atoms with Gasteiger partial charge in [-0.05, 0) is 13.2 Å². The van der Waals surface area contributed by atoms with Crippen molar-refractivity contribution in [2.45, 2.75) is 6.92 Å². The van der Waals surface area contributed by atoms with Crippen molar-refractivity contribution in [2.24, 2.45) is 0 Å². The van der Waals surface area contributed by atoms with E-state index in [4.69, 9.17) is 6.92 Å². The van der Waals surface area contributed by atoms with Gasteiger partial charge in [-0.25, -0.2) is 4.98 Å². The smallest absolute Gasteiger partial charge is 0.274 e. The van der Waals surface area contributed by atoms with E-state index < -0.39 is 0 Å². The molecule has 0 aromatic carbocycles. The summed E-state index contributed by atoms with van der Waals surface area (Å²) in [4.78, 5) is 21.6. The molecule has 0 aliphatic rings. The standard InChI is InChI=1S/C11H15N3OS/c1-4-14(5-6-16-3)11(15)10-8-12-7-9(2)13-10/h2,7-8H,4-6H2,1,3H3. The van der Waals surface area contributed by atoms with Gasteiger partial charge >= 0.3 is 0 Å². The average Bonchev–Trinajstić information content (AvgIpc) is 2.29. The van der Waals surface area contributed by atoms with Crippen molar-refractivity contribution in [2.75, 3.05) is 25.1 Å². The molecule has 0 atom stereocenters. The fraction of sp³-hybridized carbons (Fsp3) is 0.455. The number of amides is 1. The summed E-state index contributed by atoms with van der Waals surface area (Å²) in [6.07, 6.45) is 4.88. The number of rotatable bonds is 5. The van der Waals surface area contributed by atoms with E-state index in [9.17, 15) is 4.79 Å². The third-order valence-electron chi connectivity index (χ3n) is 2.11. The molecule has 1 aromatic heterocycles. The van der Waals surface area contributed by atoms with Crippen LogP contribution in [0.15, 0.2) is 12.4 Å². The van der Waals surface area contributed by atoms with Crippen molar-refractivity contribution < 1.29 is 4.79 Å². The van der Waals surface area contributed by atoms with Gasteiger partial charge in [-0.1, -0.05) is 0 Å². The second-order valence-electron chi connectivity index (χ2n) is 3.21. The minimum Gasteiger partial charge on any atom is -0.337 e. The maximum absolute atomic E-state index is 12.0. The van der Waals surface area contributed by atoms with Crippen molar-refractivity contribution in [1.29, 1.82) is 0 Å². The first-order chi connectivity index (χ1) is 7.69. The Kier molecular flexibility index (Phi) is 5.25. The normalized spacial score (nSPS) is 10.2. The SMILES string of the molecule is [CH]c1cncc(C(=O)N(CC)CCSC)n1. The van der Waals surface area contributed by atoms with Gasteiger partial charge in [0.2, 0.25) is 0 Å². The molecule has 1 aromatic rings. The summed E-state index contributed by atoms with van der Waals surface area (Å²) in [5.74, 6) is 0.798. The fourth-order valence-corrected chi connectivity index (χ4v) is 1.65. The Balaban J connectivity index is 2.74. The van der Waals surface area contributed by atoms with E-state index in [2.05, 4.69) is 9.97 Å². The molecule has 4 nitrogen and oxygen atoms in total. The molecule has 0 aliphatic heterocycles. The lowest BCUT2D eigenvalue weighted by atomic mass is 10.3. The van der Waals surface area contributed by atoms with Gasteiger partial charge in [0.25, 0.3) is 5.91 Å². The third-order valence-corrected chi connectivity index (χ3v) is 2.70. The maximum Gasteiger partial charge on any atom is 0.274 e. The number of hydrogen-bond donors (Lipinski definition) is 0. The van der Waals surface area contributed by atoms with Gasteiger partial charge in [-0.3, -0.25) is 9.78 Å². The Labute approximate surface area is 100 Å². The minimum absolute atomic E-state index is 0.114. The zero-order valence-corrected chi connectivity index (χ0v) is 10.3. The number of nitrogens with zero attached hydrogens (tertiary/aromatic N) is 3. The number of carbonyl (C=O) groups is 1. The fourth-order valence-electron chi connectivity index (χ4n) is 1.25. The Morgan fingerprint density at radius 2 is 2.31 bits per heavy atom. The topological polar surface area (TPSA) is 46.1 Å². The number of aromatic nitrogens is 2. The Bertz CT molecular complexity index is 357. The summed E-state index contributed by atoms with van der Waals surface area (Å²) in [7, 11) is 0. The molecule has 0 aliphatic carbocycles. The van der Waals surface area contributed by atoms with E-state index in [0.29, 0.717) is 18.8 Å². The van der Waals surface area contributed by atoms with Crippen molar-refractivity contribution in [3.63, 3.8) is 0 Å². The molecular weight excluding hydrogens is 222 g/mol. The highest BCUT2D eigenvalue weighted by Gasteiger charge is 2.15. The van der Waals surface area contributed by atoms with Crippen LogP contribution in [0.1, 0.15) is 23.1 Å². The molecule has 0 saturated heterocycles. The van der Waals surface area contributed by atoms with Crippen LogP contribution in [0, 0.1) is 6.92 Å². The lowest BCUT2D eigenvalue weighted by molar-refractivity contribution is 0.0768. The van der Waals surface area contributed by atoms with Gasteiger partial charge in [0.05, 0.1) is 11.9 Å². The van der Waals surface area contributed by atoms with E-state index >= 15 is 0 Å². The van der Waals surface area contributed by atoms with Crippen LogP contribution in [-0.2, 0) is 0 Å². The summed E-state index contributed by atoms with van der Waals surface area (Å²) in [6, 6.07) is 0. The molecule has 0 N–H and O–H groups in total. The van der Waals surface area contributed by atoms with E-state index in [1.54, 1.807) is 16.7 Å². The molecule has 1 rings (SSSR count). The largest absolute Gasteiger partial charge is 0.337 e. The molecular formula is C11H15N3OS. The molecule has 0 saturated carbocycles. The van der Waals surface area contributed by atoms with Crippen LogP contribution in [0.25, 0.3) is 0 Å². The average molecular weight is 237 g/mol. The quantitative estimate of drug-likeness (QED) is 0.775. The Morgan fingerprint density at radius 1 is 1.56 bits per heavy atom. The van der Waals surface area contributed by atoms with Gasteiger partial charge in [0, 0.05) is 32.0 Å². The van der Waals surface area contributed by atoms with Gasteiger partial charge in [0.1, 0.15) is 5.69 Å². The van der Waals surface area contributed by atoms with Crippen molar-refractivity contribution >= 4 is 17.7 Å². The van der Waals surface area contributed by atoms with Crippen LogP contribution in [0.4, 0.5) is 0 Å². The first kappa shape index (κ1) is 13.0. The molecule has 1 heterocycles. The zero-order valence-electron chi connectivity index (χ0n) is 9.51. The second-order valence-corrected chi connectivity index (χ2v) is 4.19. The monoisotopic (exact) mass is 237 g/mol. The van der Waals surface area contributed by atoms with Gasteiger partial charge in [-0.15, -0.1) is 0 Å². The Morgan fingerprint density at radius 3 is 2.88 bits per heavy atom. The molecule has 16 heavy (non-hydrogen) atoms. The molecule has 0 spiro atoms. The van der Waals surface area contributed by atoms with Gasteiger partial charge in [0.15, 0.2) is 0 Å². The molecule has 86 valence electrons. The van der Waals surface area contributed by atoms with E-state index in [-0.39, 0.29) is 11.6 Å². The predicted octanol–water partition coefficient (Wildman–Crippen LogP) is 1.36. The van der Waals surface area contributed by atoms with Crippen LogP contribution in [-0.4, -0.2) is 45.9 Å². The number of thioether (sulfide) groups is 1. The molecule has 5 heteroatoms. The summed E-state index contributed by atoms with van der Waals surface area (Å²) in [6.45, 7) is 8.81. The molecule has 0 fully saturated rings. The third kappa shape index (κ3) is 3.48. The summed E-state index contributed by atoms with van der Waals surface area (Å²) < 4.78 is 0. The molecule has 0 bridgehead atoms. The zero-order chi connectivity index (χ0) is 12.0. The highest BCUT2D eigenvalue weighted by atomic mass is 32.2. The second kappa shape index (κ2) is 6.48. The van der Waals surface area contributed by atoms with Crippen molar-refractivity contribution in [1.82, 2.24) is 14.9 Å². The van der Waals surface area contributed by atoms with E-state index in [0.717, 1.165) is 5.75 Å². The van der Waals surface area contributed by atoms with Crippen LogP contribution in [0.2, 0.25) is 0 Å². The van der Waals surface area contributed by atoms with E-state index in [1.807, 2.05) is 13.2 Å². The van der Waals surface area contributed by atoms with Crippen LogP contribution in [0.5, 0.6) is 0 Å². The number of hydrogen-bond acceptors (Lipinski definition) is 4. The summed E-state index contributed by atoms with van der Waals surface area (Å²) >= 11 is 1.71. The first-order valence-corrected chi connectivity index (χ1v) is 6.44. The lowest BCUT2D eigenvalue weighted by Gasteiger charge is -2.19. The number of carbonyl (C=O) groups excluding carboxylic acids is 1. The van der Waals surface area contributed by atoms with Gasteiger partial charge in [-0.2, -0.15) is 11.8 Å². The van der Waals surface area contributed by atoms with Crippen LogP contribution in [0.3, 0.4) is 0 Å². The molecule has 0 unspecified atom stereocenters. The summed E-state index contributed by atoms with van der Waals surface area (Å²) in [5.41, 5.74) is 0.578. The maximum atomic E-state index is 12.0.